The molecule has 2 atom stereocenters. The minimum Gasteiger partial charge on any atom is -0.385 e. The molecule has 2 aromatic rings. The van der Waals surface area contributed by atoms with Gasteiger partial charge in [0.05, 0.1) is 0 Å². The predicted octanol–water partition coefficient (Wildman–Crippen LogP) is 4.58. The maximum atomic E-state index is 14.6. The zero-order valence-electron chi connectivity index (χ0n) is 12.8. The second-order valence-electron chi connectivity index (χ2n) is 6.12. The third-order valence-electron chi connectivity index (χ3n) is 4.20. The van der Waals surface area contributed by atoms with Gasteiger partial charge >= 0.3 is 0 Å². The van der Waals surface area contributed by atoms with E-state index in [0.29, 0.717) is 22.4 Å². The highest BCUT2D eigenvalue weighted by Crippen LogP contribution is 2.48. The first-order valence-corrected chi connectivity index (χ1v) is 7.64. The van der Waals surface area contributed by atoms with Gasteiger partial charge in [-0.2, -0.15) is 0 Å². The first-order chi connectivity index (χ1) is 10.9. The summed E-state index contributed by atoms with van der Waals surface area (Å²) in [7, 11) is 0. The van der Waals surface area contributed by atoms with Gasteiger partial charge in [0.15, 0.2) is 0 Å². The number of nitrogens with two attached hydrogens (primary N) is 1. The summed E-state index contributed by atoms with van der Waals surface area (Å²) in [5, 5.41) is 3.00. The highest BCUT2D eigenvalue weighted by Gasteiger charge is 2.56. The Morgan fingerprint density at radius 3 is 2.61 bits per heavy atom. The van der Waals surface area contributed by atoms with Crippen LogP contribution in [-0.4, -0.2) is 12.5 Å². The first-order valence-electron chi connectivity index (χ1n) is 7.64. The third-order valence-corrected chi connectivity index (χ3v) is 4.20. The quantitative estimate of drug-likeness (QED) is 0.846. The van der Waals surface area contributed by atoms with E-state index in [1.807, 2.05) is 0 Å². The number of hydrogen-bond donors (Lipinski definition) is 2. The van der Waals surface area contributed by atoms with Crippen LogP contribution in [0.1, 0.15) is 24.9 Å². The van der Waals surface area contributed by atoms with Crippen molar-refractivity contribution in [2.75, 3.05) is 11.9 Å². The molecule has 0 amide bonds. The molecule has 3 N–H and O–H groups in total. The molecule has 1 fully saturated rings. The lowest BCUT2D eigenvalue weighted by atomic mass is 9.99. The van der Waals surface area contributed by atoms with E-state index in [0.717, 1.165) is 0 Å². The van der Waals surface area contributed by atoms with Crippen LogP contribution in [0.15, 0.2) is 42.5 Å². The Hall–Kier alpha value is -2.01. The monoisotopic (exact) mass is 320 g/mol. The van der Waals surface area contributed by atoms with Gasteiger partial charge in [-0.15, -0.1) is 0 Å². The van der Waals surface area contributed by atoms with Crippen molar-refractivity contribution in [2.24, 2.45) is 11.7 Å². The van der Waals surface area contributed by atoms with Crippen LogP contribution >= 0.6 is 0 Å². The van der Waals surface area contributed by atoms with Crippen molar-refractivity contribution in [3.05, 3.63) is 53.8 Å². The van der Waals surface area contributed by atoms with Crippen LogP contribution in [0.3, 0.4) is 0 Å². The SMILES string of the molecule is C[C@@H](N)c1cccc(-c2cccc(NCC3CC3(F)F)c2)c1F. The number of halogens is 3. The molecule has 0 radical (unpaired) electrons. The Kier molecular flexibility index (Phi) is 4.06. The number of nitrogens with one attached hydrogen (secondary N) is 1. The molecule has 2 nitrogen and oxygen atoms in total. The van der Waals surface area contributed by atoms with Gasteiger partial charge in [-0.3, -0.25) is 0 Å². The molecule has 1 saturated carbocycles. The van der Waals surface area contributed by atoms with Gasteiger partial charge in [-0.1, -0.05) is 30.3 Å². The van der Waals surface area contributed by atoms with Crippen LogP contribution in [0.2, 0.25) is 0 Å². The maximum Gasteiger partial charge on any atom is 0.253 e. The van der Waals surface area contributed by atoms with Crippen LogP contribution in [0.5, 0.6) is 0 Å². The molecule has 122 valence electrons. The second-order valence-corrected chi connectivity index (χ2v) is 6.12. The van der Waals surface area contributed by atoms with Gasteiger partial charge in [-0.05, 0) is 24.6 Å². The fourth-order valence-corrected chi connectivity index (χ4v) is 2.65. The molecule has 1 aliphatic carbocycles. The van der Waals surface area contributed by atoms with Gasteiger partial charge in [0, 0.05) is 41.7 Å². The van der Waals surface area contributed by atoms with Crippen molar-refractivity contribution < 1.29 is 13.2 Å². The normalized spacial score (nSPS) is 20.1. The fourth-order valence-electron chi connectivity index (χ4n) is 2.65. The van der Waals surface area contributed by atoms with Crippen LogP contribution in [0.25, 0.3) is 11.1 Å². The average Bonchev–Trinajstić information content (AvgIpc) is 3.12. The summed E-state index contributed by atoms with van der Waals surface area (Å²) in [6.45, 7) is 1.95. The van der Waals surface area contributed by atoms with Crippen LogP contribution in [0, 0.1) is 11.7 Å². The summed E-state index contributed by atoms with van der Waals surface area (Å²) in [4.78, 5) is 0. The molecule has 1 unspecified atom stereocenters. The summed E-state index contributed by atoms with van der Waals surface area (Å²) in [5.41, 5.74) is 8.09. The Bertz CT molecular complexity index is 713. The molecule has 23 heavy (non-hydrogen) atoms. The minimum absolute atomic E-state index is 0.0647. The second kappa shape index (κ2) is 5.89. The van der Waals surface area contributed by atoms with Crippen molar-refractivity contribution in [1.82, 2.24) is 0 Å². The highest BCUT2D eigenvalue weighted by atomic mass is 19.3. The van der Waals surface area contributed by atoms with E-state index in [2.05, 4.69) is 5.32 Å². The maximum absolute atomic E-state index is 14.6. The Labute approximate surface area is 133 Å². The zero-order chi connectivity index (χ0) is 16.6. The standard InChI is InChI=1S/C18H19F3N2/c1-11(22)15-6-3-7-16(17(15)19)12-4-2-5-14(8-12)23-10-13-9-18(13,20)21/h2-8,11,13,23H,9-10,22H2,1H3/t11-,13?/m1/s1. The number of rotatable bonds is 5. The largest absolute Gasteiger partial charge is 0.385 e. The van der Waals surface area contributed by atoms with Gasteiger partial charge in [0.1, 0.15) is 5.82 Å². The number of hydrogen-bond acceptors (Lipinski definition) is 2. The van der Waals surface area contributed by atoms with E-state index < -0.39 is 17.9 Å². The number of benzene rings is 2. The lowest BCUT2D eigenvalue weighted by Crippen LogP contribution is -2.09. The Balaban J connectivity index is 1.81. The van der Waals surface area contributed by atoms with E-state index >= 15 is 0 Å². The van der Waals surface area contributed by atoms with E-state index in [1.165, 1.54) is 0 Å². The third kappa shape index (κ3) is 3.34. The molecule has 0 aliphatic heterocycles. The van der Waals surface area contributed by atoms with Crippen LogP contribution in [-0.2, 0) is 0 Å². The molecule has 1 aliphatic rings. The van der Waals surface area contributed by atoms with Gasteiger partial charge in [0.25, 0.3) is 5.92 Å². The van der Waals surface area contributed by atoms with Crippen LogP contribution in [0.4, 0.5) is 18.9 Å². The zero-order valence-corrected chi connectivity index (χ0v) is 12.8. The number of anilines is 1. The molecule has 3 rings (SSSR count). The topological polar surface area (TPSA) is 38.0 Å². The number of alkyl halides is 2. The summed E-state index contributed by atoms with van der Waals surface area (Å²) >= 11 is 0. The van der Waals surface area contributed by atoms with Crippen molar-refractivity contribution in [2.45, 2.75) is 25.3 Å². The summed E-state index contributed by atoms with van der Waals surface area (Å²) in [5.74, 6) is -3.49. The lowest BCUT2D eigenvalue weighted by molar-refractivity contribution is 0.101. The highest BCUT2D eigenvalue weighted by molar-refractivity contribution is 5.69. The van der Waals surface area contributed by atoms with Crippen molar-refractivity contribution in [3.8, 4) is 11.1 Å². The molecule has 0 heterocycles. The van der Waals surface area contributed by atoms with E-state index in [-0.39, 0.29) is 18.8 Å². The smallest absolute Gasteiger partial charge is 0.253 e. The Morgan fingerprint density at radius 2 is 1.96 bits per heavy atom. The van der Waals surface area contributed by atoms with Crippen molar-refractivity contribution >= 4 is 5.69 Å². The minimum atomic E-state index is -2.54. The molecule has 2 aromatic carbocycles. The molecule has 0 spiro atoms. The molecular weight excluding hydrogens is 301 g/mol. The van der Waals surface area contributed by atoms with Crippen LogP contribution < -0.4 is 11.1 Å². The first kappa shape index (κ1) is 15.9. The van der Waals surface area contributed by atoms with Crippen molar-refractivity contribution in [1.29, 1.82) is 0 Å². The fraction of sp³-hybridized carbons (Fsp3) is 0.333. The molecule has 0 saturated heterocycles. The predicted molar refractivity (Wildman–Crippen MR) is 86.0 cm³/mol. The average molecular weight is 320 g/mol. The van der Waals surface area contributed by atoms with Gasteiger partial charge in [-0.25, -0.2) is 13.2 Å². The van der Waals surface area contributed by atoms with E-state index in [9.17, 15) is 13.2 Å². The Morgan fingerprint density at radius 1 is 1.26 bits per heavy atom. The van der Waals surface area contributed by atoms with E-state index in [1.54, 1.807) is 49.4 Å². The summed E-state index contributed by atoms with van der Waals surface area (Å²) in [6, 6.07) is 11.9. The van der Waals surface area contributed by atoms with Crippen molar-refractivity contribution in [3.63, 3.8) is 0 Å². The van der Waals surface area contributed by atoms with Gasteiger partial charge < -0.3 is 11.1 Å². The molecule has 0 bridgehead atoms. The van der Waals surface area contributed by atoms with Gasteiger partial charge in [0.2, 0.25) is 0 Å². The molecule has 5 heteroatoms. The van der Waals surface area contributed by atoms with E-state index in [4.69, 9.17) is 5.73 Å². The lowest BCUT2D eigenvalue weighted by Gasteiger charge is -2.12. The molecular formula is C18H19F3N2. The molecule has 0 aromatic heterocycles. The summed E-state index contributed by atoms with van der Waals surface area (Å²) < 4.78 is 40.4. The summed E-state index contributed by atoms with van der Waals surface area (Å²) in [6.07, 6.45) is -0.0647.